The van der Waals surface area contributed by atoms with Crippen LogP contribution >= 0.6 is 17.0 Å². The number of aryl methyl sites for hydroxylation is 1. The Hall–Kier alpha value is -0.740. The number of halogens is 1. The Labute approximate surface area is 85.8 Å². The van der Waals surface area contributed by atoms with Gasteiger partial charge in [0.25, 0.3) is 0 Å². The van der Waals surface area contributed by atoms with Crippen LogP contribution in [0, 0.1) is 12.8 Å². The molecule has 0 atom stereocenters. The summed E-state index contributed by atoms with van der Waals surface area (Å²) >= 11 is 0. The van der Waals surface area contributed by atoms with Crippen molar-refractivity contribution in [2.45, 2.75) is 19.8 Å². The maximum absolute atomic E-state index is 4.00. The van der Waals surface area contributed by atoms with Gasteiger partial charge in [-0.2, -0.15) is 0 Å². The zero-order chi connectivity index (χ0) is 8.53. The van der Waals surface area contributed by atoms with E-state index in [1.165, 1.54) is 18.4 Å². The van der Waals surface area contributed by atoms with Gasteiger partial charge in [-0.25, -0.2) is 0 Å². The summed E-state index contributed by atoms with van der Waals surface area (Å²) in [5.74, 6) is 0. The smallest absolute Gasteiger partial charge is 0.0281 e. The van der Waals surface area contributed by atoms with Crippen LogP contribution in [0.1, 0.15) is 18.9 Å². The summed E-state index contributed by atoms with van der Waals surface area (Å²) in [6.45, 7) is 2.20. The van der Waals surface area contributed by atoms with Crippen LogP contribution in [-0.4, -0.2) is 0 Å². The van der Waals surface area contributed by atoms with Gasteiger partial charge in [-0.1, -0.05) is 43.7 Å². The molecule has 0 heterocycles. The molecule has 12 heavy (non-hydrogen) atoms. The lowest BCUT2D eigenvalue weighted by Crippen LogP contribution is -1.78. The minimum Gasteiger partial charge on any atom is -0.124 e. The third-order valence-corrected chi connectivity index (χ3v) is 1.38. The molecule has 0 aliphatic rings. The van der Waals surface area contributed by atoms with E-state index in [1.807, 2.05) is 0 Å². The lowest BCUT2D eigenvalue weighted by molar-refractivity contribution is 0.922. The fourth-order valence-electron chi connectivity index (χ4n) is 0.933. The first kappa shape index (κ1) is 13.8. The van der Waals surface area contributed by atoms with Gasteiger partial charge >= 0.3 is 0 Å². The minimum absolute atomic E-state index is 0. The van der Waals surface area contributed by atoms with E-state index in [0.29, 0.717) is 0 Å². The molecule has 1 rings (SSSR count). The monoisotopic (exact) mass is 226 g/mol. The van der Waals surface area contributed by atoms with Crippen LogP contribution in [0.5, 0.6) is 0 Å². The maximum Gasteiger partial charge on any atom is -0.0281 e. The van der Waals surface area contributed by atoms with Gasteiger partial charge in [0.2, 0.25) is 0 Å². The third-order valence-electron chi connectivity index (χ3n) is 1.38. The van der Waals surface area contributed by atoms with Crippen molar-refractivity contribution in [2.24, 2.45) is 0 Å². The second-order valence-electron chi connectivity index (χ2n) is 2.24. The summed E-state index contributed by atoms with van der Waals surface area (Å²) in [4.78, 5) is 0. The van der Waals surface area contributed by atoms with E-state index >= 15 is 0 Å². The Morgan fingerprint density at radius 3 is 2.00 bits per heavy atom. The highest BCUT2D eigenvalue weighted by Gasteiger charge is 1.84. The molecule has 0 saturated carbocycles. The summed E-state index contributed by atoms with van der Waals surface area (Å²) in [5, 5.41) is 0. The van der Waals surface area contributed by atoms with Crippen LogP contribution in [0.3, 0.4) is 0 Å². The molecule has 66 valence electrons. The van der Waals surface area contributed by atoms with Crippen molar-refractivity contribution < 1.29 is 0 Å². The van der Waals surface area contributed by atoms with Crippen LogP contribution < -0.4 is 0 Å². The number of benzene rings is 1. The Balaban J connectivity index is 0. The minimum atomic E-state index is 0. The Morgan fingerprint density at radius 2 is 1.58 bits per heavy atom. The fourth-order valence-corrected chi connectivity index (χ4v) is 0.933. The number of terminal acetylenes is 1. The third kappa shape index (κ3) is 6.00. The molecule has 0 aromatic heterocycles. The van der Waals surface area contributed by atoms with Crippen molar-refractivity contribution in [1.82, 2.24) is 0 Å². The van der Waals surface area contributed by atoms with Crippen molar-refractivity contribution in [3.8, 4) is 12.8 Å². The first-order valence-corrected chi connectivity index (χ1v) is 3.80. The van der Waals surface area contributed by atoms with Crippen molar-refractivity contribution in [1.29, 1.82) is 0 Å². The molecule has 0 nitrogen and oxygen atoms in total. The van der Waals surface area contributed by atoms with E-state index < -0.39 is 0 Å². The molecule has 0 radical (unpaired) electrons. The van der Waals surface area contributed by atoms with Gasteiger partial charge in [-0.3, -0.25) is 0 Å². The normalized spacial score (nSPS) is 7.25. The van der Waals surface area contributed by atoms with Crippen molar-refractivity contribution >= 4 is 17.0 Å². The van der Waals surface area contributed by atoms with Crippen molar-refractivity contribution in [3.05, 3.63) is 35.9 Å². The predicted octanol–water partition coefficient (Wildman–Crippen LogP) is 3.47. The summed E-state index contributed by atoms with van der Waals surface area (Å²) in [6, 6.07) is 10.6. The van der Waals surface area contributed by atoms with E-state index in [9.17, 15) is 0 Å². The Kier molecular flexibility index (Phi) is 11.8. The standard InChI is InChI=1S/C9H12.C2H2.BrH/c1-2-6-9-7-4-3-5-8-9;1-2;/h3-5,7-8H,2,6H2,1H3;1-2H;1H. The molecule has 0 amide bonds. The number of hydrogen-bond donors (Lipinski definition) is 0. The topological polar surface area (TPSA) is 0 Å². The SMILES string of the molecule is Br.C#C.CCCc1ccccc1. The summed E-state index contributed by atoms with van der Waals surface area (Å²) in [6.07, 6.45) is 10.4. The van der Waals surface area contributed by atoms with Crippen LogP contribution in [-0.2, 0) is 6.42 Å². The first-order valence-electron chi connectivity index (χ1n) is 3.80. The van der Waals surface area contributed by atoms with Crippen LogP contribution in [0.4, 0.5) is 0 Å². The van der Waals surface area contributed by atoms with Crippen molar-refractivity contribution in [3.63, 3.8) is 0 Å². The molecule has 0 saturated heterocycles. The highest BCUT2D eigenvalue weighted by atomic mass is 79.9. The number of hydrogen-bond acceptors (Lipinski definition) is 0. The zero-order valence-corrected chi connectivity index (χ0v) is 9.08. The summed E-state index contributed by atoms with van der Waals surface area (Å²) < 4.78 is 0. The fraction of sp³-hybridized carbons (Fsp3) is 0.273. The first-order chi connectivity index (χ1) is 5.43. The molecule has 0 bridgehead atoms. The lowest BCUT2D eigenvalue weighted by Gasteiger charge is -1.93. The van der Waals surface area contributed by atoms with Crippen LogP contribution in [0.15, 0.2) is 30.3 Å². The molecule has 0 fully saturated rings. The highest BCUT2D eigenvalue weighted by Crippen LogP contribution is 2.00. The number of rotatable bonds is 2. The van der Waals surface area contributed by atoms with Gasteiger partial charge in [0.15, 0.2) is 0 Å². The molecular weight excluding hydrogens is 212 g/mol. The molecule has 0 N–H and O–H groups in total. The highest BCUT2D eigenvalue weighted by molar-refractivity contribution is 8.93. The summed E-state index contributed by atoms with van der Waals surface area (Å²) in [5.41, 5.74) is 1.44. The van der Waals surface area contributed by atoms with Gasteiger partial charge in [-0.05, 0) is 12.0 Å². The van der Waals surface area contributed by atoms with Gasteiger partial charge in [-0.15, -0.1) is 29.8 Å². The molecule has 0 unspecified atom stereocenters. The average molecular weight is 227 g/mol. The molecule has 1 aromatic rings. The predicted molar refractivity (Wildman–Crippen MR) is 60.6 cm³/mol. The Bertz CT molecular complexity index is 189. The molecule has 0 aliphatic heterocycles. The zero-order valence-electron chi connectivity index (χ0n) is 7.36. The van der Waals surface area contributed by atoms with Crippen LogP contribution in [0.25, 0.3) is 0 Å². The quantitative estimate of drug-likeness (QED) is 0.678. The van der Waals surface area contributed by atoms with Crippen molar-refractivity contribution in [2.75, 3.05) is 0 Å². The largest absolute Gasteiger partial charge is 0.124 e. The van der Waals surface area contributed by atoms with E-state index in [1.54, 1.807) is 0 Å². The van der Waals surface area contributed by atoms with E-state index in [2.05, 4.69) is 50.1 Å². The van der Waals surface area contributed by atoms with E-state index in [-0.39, 0.29) is 17.0 Å². The van der Waals surface area contributed by atoms with Gasteiger partial charge < -0.3 is 0 Å². The van der Waals surface area contributed by atoms with Crippen LogP contribution in [0.2, 0.25) is 0 Å². The van der Waals surface area contributed by atoms with Gasteiger partial charge in [0.1, 0.15) is 0 Å². The van der Waals surface area contributed by atoms with E-state index in [0.717, 1.165) is 0 Å². The van der Waals surface area contributed by atoms with Gasteiger partial charge in [0.05, 0.1) is 0 Å². The maximum atomic E-state index is 4.00. The Morgan fingerprint density at radius 1 is 1.08 bits per heavy atom. The molecule has 1 heteroatoms. The van der Waals surface area contributed by atoms with Gasteiger partial charge in [0, 0.05) is 0 Å². The molecule has 0 aliphatic carbocycles. The molecular formula is C11H15Br. The van der Waals surface area contributed by atoms with E-state index in [4.69, 9.17) is 0 Å². The second-order valence-corrected chi connectivity index (χ2v) is 2.24. The average Bonchev–Trinajstić information content (AvgIpc) is 2.11. The second kappa shape index (κ2) is 10.3. The molecule has 0 spiro atoms. The molecule has 1 aromatic carbocycles. The summed E-state index contributed by atoms with van der Waals surface area (Å²) in [7, 11) is 0. The lowest BCUT2D eigenvalue weighted by atomic mass is 10.1.